The van der Waals surface area contributed by atoms with E-state index < -0.39 is 5.54 Å². The van der Waals surface area contributed by atoms with E-state index in [0.717, 1.165) is 57.7 Å². The first-order valence-electron chi connectivity index (χ1n) is 10.6. The lowest BCUT2D eigenvalue weighted by Crippen LogP contribution is -2.56. The molecule has 0 unspecified atom stereocenters. The van der Waals surface area contributed by atoms with Crippen LogP contribution in [0, 0.1) is 0 Å². The molecule has 0 spiro atoms. The van der Waals surface area contributed by atoms with Crippen LogP contribution in [0.15, 0.2) is 24.3 Å². The predicted octanol–water partition coefficient (Wildman–Crippen LogP) is 2.82. The van der Waals surface area contributed by atoms with Gasteiger partial charge in [-0.15, -0.1) is 0 Å². The zero-order chi connectivity index (χ0) is 20.0. The third-order valence-electron chi connectivity index (χ3n) is 6.04. The molecule has 1 aliphatic carbocycles. The maximum absolute atomic E-state index is 12.8. The van der Waals surface area contributed by atoms with Crippen LogP contribution in [0.1, 0.15) is 55.8 Å². The molecule has 2 aliphatic rings. The first kappa shape index (κ1) is 20.6. The fraction of sp³-hybridized carbons (Fsp3) is 0.636. The Labute approximate surface area is 168 Å². The Balaban J connectivity index is 1.62. The number of methoxy groups -OCH3 is 1. The van der Waals surface area contributed by atoms with Crippen molar-refractivity contribution in [2.75, 3.05) is 44.7 Å². The molecule has 1 saturated heterocycles. The molecular formula is C22H33N3O3. The van der Waals surface area contributed by atoms with Crippen LogP contribution in [0.4, 0.5) is 5.69 Å². The van der Waals surface area contributed by atoms with Gasteiger partial charge in [-0.1, -0.05) is 26.2 Å². The standard InChI is InChI=1S/C22H33N3O3/c1-3-13-24-14-16-25(17-15-24)19-9-7-18(8-10-19)20(26)23-22(21(27)28-2)11-5-4-6-12-22/h7-10H,3-6,11-17H2,1-2H3,(H,23,26). The van der Waals surface area contributed by atoms with E-state index in [0.29, 0.717) is 18.4 Å². The number of carbonyl (C=O) groups excluding carboxylic acids is 2. The maximum Gasteiger partial charge on any atom is 0.331 e. The van der Waals surface area contributed by atoms with Crippen molar-refractivity contribution in [2.45, 2.75) is 51.0 Å². The van der Waals surface area contributed by atoms with E-state index in [4.69, 9.17) is 4.74 Å². The molecular weight excluding hydrogens is 354 g/mol. The minimum absolute atomic E-state index is 0.202. The summed E-state index contributed by atoms with van der Waals surface area (Å²) in [6.07, 6.45) is 5.43. The molecule has 0 radical (unpaired) electrons. The summed E-state index contributed by atoms with van der Waals surface area (Å²) < 4.78 is 4.99. The van der Waals surface area contributed by atoms with Crippen LogP contribution in [-0.2, 0) is 9.53 Å². The molecule has 154 valence electrons. The lowest BCUT2D eigenvalue weighted by atomic mass is 9.81. The zero-order valence-electron chi connectivity index (χ0n) is 17.2. The second kappa shape index (κ2) is 9.41. The van der Waals surface area contributed by atoms with Gasteiger partial charge in [-0.2, -0.15) is 0 Å². The van der Waals surface area contributed by atoms with Gasteiger partial charge in [0.05, 0.1) is 7.11 Å². The van der Waals surface area contributed by atoms with Gasteiger partial charge in [-0.25, -0.2) is 4.79 Å². The van der Waals surface area contributed by atoms with E-state index in [1.165, 1.54) is 13.5 Å². The molecule has 1 N–H and O–H groups in total. The highest BCUT2D eigenvalue weighted by Crippen LogP contribution is 2.30. The van der Waals surface area contributed by atoms with Crippen molar-refractivity contribution in [3.8, 4) is 0 Å². The number of anilines is 1. The molecule has 0 atom stereocenters. The number of piperazine rings is 1. The fourth-order valence-corrected chi connectivity index (χ4v) is 4.39. The lowest BCUT2D eigenvalue weighted by Gasteiger charge is -2.36. The number of nitrogens with one attached hydrogen (secondary N) is 1. The molecule has 3 rings (SSSR count). The van der Waals surface area contributed by atoms with Crippen molar-refractivity contribution in [3.63, 3.8) is 0 Å². The normalized spacial score (nSPS) is 19.9. The van der Waals surface area contributed by atoms with E-state index in [1.807, 2.05) is 24.3 Å². The molecule has 1 amide bonds. The minimum atomic E-state index is -0.877. The monoisotopic (exact) mass is 387 g/mol. The van der Waals surface area contributed by atoms with Crippen LogP contribution in [0.25, 0.3) is 0 Å². The molecule has 1 aliphatic heterocycles. The van der Waals surface area contributed by atoms with E-state index in [1.54, 1.807) is 0 Å². The van der Waals surface area contributed by atoms with E-state index in [-0.39, 0.29) is 11.9 Å². The van der Waals surface area contributed by atoms with Crippen molar-refractivity contribution in [1.82, 2.24) is 10.2 Å². The van der Waals surface area contributed by atoms with Crippen LogP contribution >= 0.6 is 0 Å². The first-order valence-corrected chi connectivity index (χ1v) is 10.6. The fourth-order valence-electron chi connectivity index (χ4n) is 4.39. The van der Waals surface area contributed by atoms with E-state index in [9.17, 15) is 9.59 Å². The molecule has 1 aromatic rings. The number of hydrogen-bond donors (Lipinski definition) is 1. The van der Waals surface area contributed by atoms with Gasteiger partial charge in [-0.3, -0.25) is 9.69 Å². The van der Waals surface area contributed by atoms with Gasteiger partial charge in [0.1, 0.15) is 5.54 Å². The van der Waals surface area contributed by atoms with Gasteiger partial charge in [0.25, 0.3) is 5.91 Å². The number of amides is 1. The second-order valence-electron chi connectivity index (χ2n) is 7.96. The Morgan fingerprint density at radius 2 is 1.68 bits per heavy atom. The molecule has 1 aromatic carbocycles. The highest BCUT2D eigenvalue weighted by molar-refractivity contribution is 5.98. The smallest absolute Gasteiger partial charge is 0.331 e. The number of ether oxygens (including phenoxy) is 1. The molecule has 0 aromatic heterocycles. The molecule has 28 heavy (non-hydrogen) atoms. The summed E-state index contributed by atoms with van der Waals surface area (Å²) in [5.74, 6) is -0.534. The lowest BCUT2D eigenvalue weighted by molar-refractivity contribution is -0.149. The van der Waals surface area contributed by atoms with Crippen LogP contribution < -0.4 is 10.2 Å². The van der Waals surface area contributed by atoms with Crippen LogP contribution in [0.3, 0.4) is 0 Å². The summed E-state index contributed by atoms with van der Waals surface area (Å²) in [6.45, 7) is 7.56. The van der Waals surface area contributed by atoms with Gasteiger partial charge in [0.15, 0.2) is 0 Å². The molecule has 6 heteroatoms. The minimum Gasteiger partial charge on any atom is -0.467 e. The number of benzene rings is 1. The Morgan fingerprint density at radius 3 is 2.25 bits per heavy atom. The number of hydrogen-bond acceptors (Lipinski definition) is 5. The average molecular weight is 388 g/mol. The number of esters is 1. The van der Waals surface area contributed by atoms with Gasteiger partial charge < -0.3 is 15.0 Å². The zero-order valence-corrected chi connectivity index (χ0v) is 17.2. The first-order chi connectivity index (χ1) is 13.6. The third kappa shape index (κ3) is 4.66. The van der Waals surface area contributed by atoms with Crippen LogP contribution in [0.5, 0.6) is 0 Å². The largest absolute Gasteiger partial charge is 0.467 e. The Bertz CT molecular complexity index is 660. The van der Waals surface area contributed by atoms with Crippen LogP contribution in [0.2, 0.25) is 0 Å². The van der Waals surface area contributed by atoms with Gasteiger partial charge in [0.2, 0.25) is 0 Å². The van der Waals surface area contributed by atoms with Gasteiger partial charge in [-0.05, 0) is 50.1 Å². The van der Waals surface area contributed by atoms with E-state index >= 15 is 0 Å². The van der Waals surface area contributed by atoms with Gasteiger partial charge in [0, 0.05) is 37.4 Å². The molecule has 6 nitrogen and oxygen atoms in total. The number of carbonyl (C=O) groups is 2. The van der Waals surface area contributed by atoms with Crippen molar-refractivity contribution in [2.24, 2.45) is 0 Å². The molecule has 0 bridgehead atoms. The summed E-state index contributed by atoms with van der Waals surface area (Å²) in [6, 6.07) is 7.74. The predicted molar refractivity (Wildman–Crippen MR) is 111 cm³/mol. The number of rotatable bonds is 6. The molecule has 1 heterocycles. The summed E-state index contributed by atoms with van der Waals surface area (Å²) in [7, 11) is 1.39. The second-order valence-corrected chi connectivity index (χ2v) is 7.96. The van der Waals surface area contributed by atoms with Crippen molar-refractivity contribution < 1.29 is 14.3 Å². The Kier molecular flexibility index (Phi) is 6.94. The topological polar surface area (TPSA) is 61.9 Å². The van der Waals surface area contributed by atoms with Gasteiger partial charge >= 0.3 is 5.97 Å². The Morgan fingerprint density at radius 1 is 1.04 bits per heavy atom. The summed E-state index contributed by atoms with van der Waals surface area (Å²) in [5.41, 5.74) is 0.855. The average Bonchev–Trinajstić information content (AvgIpc) is 2.74. The summed E-state index contributed by atoms with van der Waals surface area (Å²) in [5, 5.41) is 2.98. The highest BCUT2D eigenvalue weighted by Gasteiger charge is 2.42. The third-order valence-corrected chi connectivity index (χ3v) is 6.04. The molecule has 2 fully saturated rings. The summed E-state index contributed by atoms with van der Waals surface area (Å²) >= 11 is 0. The summed E-state index contributed by atoms with van der Waals surface area (Å²) in [4.78, 5) is 30.0. The van der Waals surface area contributed by atoms with Crippen molar-refractivity contribution in [3.05, 3.63) is 29.8 Å². The van der Waals surface area contributed by atoms with Crippen LogP contribution in [-0.4, -0.2) is 62.1 Å². The molecule has 1 saturated carbocycles. The van der Waals surface area contributed by atoms with E-state index in [2.05, 4.69) is 22.0 Å². The maximum atomic E-state index is 12.8. The Hall–Kier alpha value is -2.08. The quantitative estimate of drug-likeness (QED) is 0.761. The number of nitrogens with zero attached hydrogens (tertiary/aromatic N) is 2. The van der Waals surface area contributed by atoms with Crippen molar-refractivity contribution >= 4 is 17.6 Å². The highest BCUT2D eigenvalue weighted by atomic mass is 16.5. The SMILES string of the molecule is CCCN1CCN(c2ccc(C(=O)NC3(C(=O)OC)CCCCC3)cc2)CC1. The van der Waals surface area contributed by atoms with Crippen molar-refractivity contribution in [1.29, 1.82) is 0 Å².